The number of hydrogen-bond donors (Lipinski definition) is 2. The monoisotopic (exact) mass is 429 g/mol. The van der Waals surface area contributed by atoms with Gasteiger partial charge in [0.15, 0.2) is 0 Å². The minimum absolute atomic E-state index is 0.193. The Morgan fingerprint density at radius 1 is 0.967 bits per heavy atom. The van der Waals surface area contributed by atoms with Gasteiger partial charge < -0.3 is 14.6 Å². The number of rotatable bonds is 3. The summed E-state index contributed by atoms with van der Waals surface area (Å²) in [5.41, 5.74) is 6.59. The number of hydrogen-bond acceptors (Lipinski definition) is 5. The number of anilines is 1. The van der Waals surface area contributed by atoms with E-state index in [-0.39, 0.29) is 5.09 Å². The van der Waals surface area contributed by atoms with Gasteiger partial charge in [-0.3, -0.25) is 0 Å². The largest absolute Gasteiger partial charge is 0.448 e. The molecule has 2 heterocycles. The maximum Gasteiger partial charge on any atom is 0.333 e. The van der Waals surface area contributed by atoms with Crippen LogP contribution in [0.3, 0.4) is 0 Å². The molecule has 2 aromatic rings. The van der Waals surface area contributed by atoms with Crippen molar-refractivity contribution < 1.29 is 17.6 Å². The van der Waals surface area contributed by atoms with E-state index in [4.69, 9.17) is 4.42 Å². The lowest BCUT2D eigenvalue weighted by Crippen LogP contribution is -2.34. The Morgan fingerprint density at radius 3 is 2.37 bits per heavy atom. The summed E-state index contributed by atoms with van der Waals surface area (Å²) >= 11 is 0. The van der Waals surface area contributed by atoms with Crippen molar-refractivity contribution in [1.29, 1.82) is 0 Å². The molecule has 0 unspecified atom stereocenters. The van der Waals surface area contributed by atoms with Crippen LogP contribution >= 0.6 is 0 Å². The van der Waals surface area contributed by atoms with Crippen LogP contribution in [-0.4, -0.2) is 32.9 Å². The zero-order chi connectivity index (χ0) is 20.9. The van der Waals surface area contributed by atoms with E-state index in [0.29, 0.717) is 18.7 Å². The third-order valence-corrected chi connectivity index (χ3v) is 7.65. The Kier molecular flexibility index (Phi) is 4.86. The smallest absolute Gasteiger partial charge is 0.333 e. The van der Waals surface area contributed by atoms with E-state index in [1.807, 2.05) is 7.05 Å². The molecular formula is C22H27N3O4S. The van der Waals surface area contributed by atoms with Crippen molar-refractivity contribution in [2.24, 2.45) is 0 Å². The average Bonchev–Trinajstić information content (AvgIpc) is 3.39. The van der Waals surface area contributed by atoms with Gasteiger partial charge in [-0.2, -0.15) is 8.42 Å². The first-order chi connectivity index (χ1) is 14.4. The number of carbonyl (C=O) groups excluding carboxylic acids is 1. The Labute approximate surface area is 176 Å². The Morgan fingerprint density at radius 2 is 1.67 bits per heavy atom. The van der Waals surface area contributed by atoms with Gasteiger partial charge in [-0.25, -0.2) is 9.52 Å². The third-order valence-electron chi connectivity index (χ3n) is 6.46. The van der Waals surface area contributed by atoms with Crippen LogP contribution in [0.25, 0.3) is 0 Å². The summed E-state index contributed by atoms with van der Waals surface area (Å²) in [5.74, 6) is 0.693. The maximum absolute atomic E-state index is 12.8. The summed E-state index contributed by atoms with van der Waals surface area (Å²) in [6.07, 6.45) is 7.62. The summed E-state index contributed by atoms with van der Waals surface area (Å²) in [4.78, 5) is 14.8. The first-order valence-corrected chi connectivity index (χ1v) is 12.2. The second kappa shape index (κ2) is 7.42. The molecule has 5 rings (SSSR count). The predicted octanol–water partition coefficient (Wildman–Crippen LogP) is 3.15. The summed E-state index contributed by atoms with van der Waals surface area (Å²) in [6, 6.07) is 3.09. The minimum Gasteiger partial charge on any atom is -0.448 e. The van der Waals surface area contributed by atoms with Crippen LogP contribution < -0.4 is 10.0 Å². The van der Waals surface area contributed by atoms with E-state index in [2.05, 4.69) is 21.0 Å². The summed E-state index contributed by atoms with van der Waals surface area (Å²) in [7, 11) is -2.08. The molecule has 0 saturated heterocycles. The predicted molar refractivity (Wildman–Crippen MR) is 113 cm³/mol. The molecule has 160 valence electrons. The summed E-state index contributed by atoms with van der Waals surface area (Å²) in [6.45, 7) is 1.58. The van der Waals surface area contributed by atoms with Gasteiger partial charge in [0.25, 0.3) is 10.0 Å². The van der Waals surface area contributed by atoms with Crippen molar-refractivity contribution in [2.45, 2.75) is 63.0 Å². The number of aryl methyl sites for hydroxylation is 3. The molecule has 2 aliphatic carbocycles. The van der Waals surface area contributed by atoms with Crippen LogP contribution in [0, 0.1) is 0 Å². The van der Waals surface area contributed by atoms with Gasteiger partial charge in [0.05, 0.1) is 0 Å². The molecule has 0 spiro atoms. The van der Waals surface area contributed by atoms with Gasteiger partial charge >= 0.3 is 6.03 Å². The van der Waals surface area contributed by atoms with Gasteiger partial charge in [0.1, 0.15) is 5.76 Å². The molecule has 3 aliphatic rings. The van der Waals surface area contributed by atoms with E-state index >= 15 is 0 Å². The number of furan rings is 1. The van der Waals surface area contributed by atoms with E-state index in [9.17, 15) is 13.2 Å². The molecule has 0 atom stereocenters. The topological polar surface area (TPSA) is 91.7 Å². The fourth-order valence-corrected chi connectivity index (χ4v) is 5.98. The molecule has 1 aromatic heterocycles. The molecule has 0 saturated carbocycles. The minimum atomic E-state index is -4.08. The van der Waals surface area contributed by atoms with Gasteiger partial charge in [-0.15, -0.1) is 0 Å². The number of sulfonamides is 1. The Hall–Kier alpha value is -2.32. The second-order valence-corrected chi connectivity index (χ2v) is 10.3. The molecule has 0 bridgehead atoms. The molecule has 1 aromatic carbocycles. The number of benzene rings is 1. The summed E-state index contributed by atoms with van der Waals surface area (Å²) < 4.78 is 33.4. The van der Waals surface area contributed by atoms with Crippen molar-refractivity contribution in [3.8, 4) is 0 Å². The van der Waals surface area contributed by atoms with Crippen molar-refractivity contribution in [3.05, 3.63) is 45.7 Å². The normalized spacial score (nSPS) is 18.4. The molecule has 0 radical (unpaired) electrons. The van der Waals surface area contributed by atoms with E-state index in [1.165, 1.54) is 11.1 Å². The number of amides is 2. The van der Waals surface area contributed by atoms with Crippen molar-refractivity contribution in [1.82, 2.24) is 9.62 Å². The SMILES string of the molecule is CN1CCCc2oc(S(=O)(=O)NC(=O)Nc3c4c(cc5c3CCC5)CCC4)cc2C1. The average molecular weight is 430 g/mol. The number of fused-ring (bicyclic) bond motifs is 3. The first kappa shape index (κ1) is 19.6. The zero-order valence-electron chi connectivity index (χ0n) is 17.2. The van der Waals surface area contributed by atoms with E-state index in [1.54, 1.807) is 6.07 Å². The fourth-order valence-electron chi connectivity index (χ4n) is 5.07. The van der Waals surface area contributed by atoms with Crippen molar-refractivity contribution >= 4 is 21.7 Å². The van der Waals surface area contributed by atoms with Crippen LogP contribution in [0.2, 0.25) is 0 Å². The number of nitrogens with zero attached hydrogens (tertiary/aromatic N) is 1. The molecule has 7 nitrogen and oxygen atoms in total. The first-order valence-electron chi connectivity index (χ1n) is 10.7. The standard InChI is InChI=1S/C22H27N3O4S/c1-25-10-4-9-19-16(13-25)12-20(29-19)30(27,28)24-22(26)23-21-17-7-2-5-14(17)11-15-6-3-8-18(15)21/h11-12H,2-10,13H2,1H3,(H2,23,24,26). The number of nitrogens with one attached hydrogen (secondary N) is 2. The zero-order valence-corrected chi connectivity index (χ0v) is 18.0. The molecular weight excluding hydrogens is 402 g/mol. The van der Waals surface area contributed by atoms with E-state index < -0.39 is 16.1 Å². The highest BCUT2D eigenvalue weighted by molar-refractivity contribution is 7.89. The molecule has 2 amide bonds. The fraction of sp³-hybridized carbons (Fsp3) is 0.500. The van der Waals surface area contributed by atoms with Crippen molar-refractivity contribution in [3.63, 3.8) is 0 Å². The van der Waals surface area contributed by atoms with Crippen LogP contribution in [0.1, 0.15) is 52.8 Å². The molecule has 0 fully saturated rings. The lowest BCUT2D eigenvalue weighted by Gasteiger charge is -2.16. The van der Waals surface area contributed by atoms with Crippen molar-refractivity contribution in [2.75, 3.05) is 18.9 Å². The van der Waals surface area contributed by atoms with Crippen LogP contribution in [-0.2, 0) is 48.7 Å². The van der Waals surface area contributed by atoms with Crippen LogP contribution in [0.4, 0.5) is 10.5 Å². The highest BCUT2D eigenvalue weighted by Gasteiger charge is 2.28. The third kappa shape index (κ3) is 3.52. The summed E-state index contributed by atoms with van der Waals surface area (Å²) in [5, 5.41) is 2.68. The lowest BCUT2D eigenvalue weighted by molar-refractivity contribution is 0.256. The Bertz CT molecular complexity index is 1090. The van der Waals surface area contributed by atoms with Gasteiger partial charge in [-0.05, 0) is 80.8 Å². The van der Waals surface area contributed by atoms with Gasteiger partial charge in [-0.1, -0.05) is 6.07 Å². The maximum atomic E-state index is 12.8. The molecule has 2 N–H and O–H groups in total. The number of urea groups is 1. The van der Waals surface area contributed by atoms with Gasteiger partial charge in [0.2, 0.25) is 5.09 Å². The molecule has 8 heteroatoms. The lowest BCUT2D eigenvalue weighted by atomic mass is 9.99. The highest BCUT2D eigenvalue weighted by atomic mass is 32.2. The van der Waals surface area contributed by atoms with Crippen LogP contribution in [0.5, 0.6) is 0 Å². The molecule has 1 aliphatic heterocycles. The van der Waals surface area contributed by atoms with Crippen LogP contribution in [0.15, 0.2) is 21.6 Å². The quantitative estimate of drug-likeness (QED) is 0.782. The van der Waals surface area contributed by atoms with Gasteiger partial charge in [0, 0.05) is 30.3 Å². The number of carbonyl (C=O) groups is 1. The van der Waals surface area contributed by atoms with E-state index in [0.717, 1.165) is 73.9 Å². The molecule has 30 heavy (non-hydrogen) atoms. The highest BCUT2D eigenvalue weighted by Crippen LogP contribution is 2.38. The Balaban J connectivity index is 1.37. The second-order valence-electron chi connectivity index (χ2n) is 8.65.